The van der Waals surface area contributed by atoms with Gasteiger partial charge in [-0.2, -0.15) is 0 Å². The lowest BCUT2D eigenvalue weighted by molar-refractivity contribution is -0.122. The minimum absolute atomic E-state index is 0.123. The van der Waals surface area contributed by atoms with Gasteiger partial charge < -0.3 is 34.6 Å². The van der Waals surface area contributed by atoms with Crippen molar-refractivity contribution in [1.82, 2.24) is 15.1 Å². The van der Waals surface area contributed by atoms with Crippen LogP contribution in [0.4, 0.5) is 10.5 Å². The maximum absolute atomic E-state index is 12.8. The highest BCUT2D eigenvalue weighted by Crippen LogP contribution is 2.40. The third-order valence-electron chi connectivity index (χ3n) is 7.01. The highest BCUT2D eigenvalue weighted by atomic mass is 16.5. The number of carbonyl (C=O) groups is 2. The number of amides is 3. The molecule has 2 N–H and O–H groups in total. The van der Waals surface area contributed by atoms with Gasteiger partial charge in [0, 0.05) is 44.7 Å². The summed E-state index contributed by atoms with van der Waals surface area (Å²) >= 11 is 0. The molecule has 1 aromatic carbocycles. The lowest BCUT2D eigenvalue weighted by atomic mass is 9.93. The SMILES string of the molecule is COc1cc(NC(=O)N2CCC(CC(=O)NCCCN3CCCC(C)C3)CC2)cc(OC)c1OC. The Labute approximate surface area is 209 Å². The van der Waals surface area contributed by atoms with Gasteiger partial charge in [-0.25, -0.2) is 4.79 Å². The largest absolute Gasteiger partial charge is 0.493 e. The van der Waals surface area contributed by atoms with Crippen LogP contribution >= 0.6 is 0 Å². The molecule has 0 radical (unpaired) electrons. The van der Waals surface area contributed by atoms with E-state index in [1.54, 1.807) is 38.4 Å². The van der Waals surface area contributed by atoms with Crippen LogP contribution in [0.2, 0.25) is 0 Å². The molecule has 3 rings (SSSR count). The summed E-state index contributed by atoms with van der Waals surface area (Å²) in [6, 6.07) is 3.25. The number of hydrogen-bond donors (Lipinski definition) is 2. The van der Waals surface area contributed by atoms with E-state index in [0.717, 1.165) is 38.3 Å². The first-order valence-electron chi connectivity index (χ1n) is 12.8. The molecule has 0 aromatic heterocycles. The highest BCUT2D eigenvalue weighted by molar-refractivity contribution is 5.90. The van der Waals surface area contributed by atoms with Crippen LogP contribution in [0.5, 0.6) is 17.2 Å². The maximum Gasteiger partial charge on any atom is 0.321 e. The van der Waals surface area contributed by atoms with Crippen molar-refractivity contribution < 1.29 is 23.8 Å². The van der Waals surface area contributed by atoms with Gasteiger partial charge in [-0.15, -0.1) is 0 Å². The van der Waals surface area contributed by atoms with E-state index in [1.165, 1.54) is 25.9 Å². The molecule has 35 heavy (non-hydrogen) atoms. The average Bonchev–Trinajstić information content (AvgIpc) is 2.86. The number of hydrogen-bond acceptors (Lipinski definition) is 6. The number of likely N-dealkylation sites (tertiary alicyclic amines) is 2. The molecule has 196 valence electrons. The zero-order chi connectivity index (χ0) is 25.2. The third-order valence-corrected chi connectivity index (χ3v) is 7.01. The van der Waals surface area contributed by atoms with Gasteiger partial charge in [0.15, 0.2) is 11.5 Å². The van der Waals surface area contributed by atoms with Crippen LogP contribution < -0.4 is 24.8 Å². The molecule has 0 saturated carbocycles. The highest BCUT2D eigenvalue weighted by Gasteiger charge is 2.25. The van der Waals surface area contributed by atoms with Crippen molar-refractivity contribution in [2.24, 2.45) is 11.8 Å². The molecule has 9 heteroatoms. The lowest BCUT2D eigenvalue weighted by Crippen LogP contribution is -2.42. The minimum Gasteiger partial charge on any atom is -0.493 e. The second-order valence-electron chi connectivity index (χ2n) is 9.73. The second kappa shape index (κ2) is 13.4. The van der Waals surface area contributed by atoms with Crippen LogP contribution in [-0.2, 0) is 4.79 Å². The topological polar surface area (TPSA) is 92.4 Å². The van der Waals surface area contributed by atoms with E-state index in [2.05, 4.69) is 22.5 Å². The van der Waals surface area contributed by atoms with Crippen LogP contribution in [0.3, 0.4) is 0 Å². The summed E-state index contributed by atoms with van der Waals surface area (Å²) in [5, 5.41) is 6.01. The summed E-state index contributed by atoms with van der Waals surface area (Å²) in [7, 11) is 4.62. The van der Waals surface area contributed by atoms with E-state index >= 15 is 0 Å². The molecule has 9 nitrogen and oxygen atoms in total. The molecule has 0 aliphatic carbocycles. The summed E-state index contributed by atoms with van der Waals surface area (Å²) in [6.45, 7) is 7.73. The second-order valence-corrected chi connectivity index (χ2v) is 9.73. The van der Waals surface area contributed by atoms with Gasteiger partial charge in [0.05, 0.1) is 27.0 Å². The Bertz CT molecular complexity index is 816. The summed E-state index contributed by atoms with van der Waals surface area (Å²) in [5.74, 6) is 2.66. The molecule has 1 atom stereocenters. The first-order valence-corrected chi connectivity index (χ1v) is 12.8. The Hall–Kier alpha value is -2.68. The van der Waals surface area contributed by atoms with E-state index in [1.807, 2.05) is 0 Å². The maximum atomic E-state index is 12.8. The summed E-state index contributed by atoms with van der Waals surface area (Å²) in [5.41, 5.74) is 0.574. The molecule has 2 aliphatic heterocycles. The van der Waals surface area contributed by atoms with Crippen molar-refractivity contribution in [3.63, 3.8) is 0 Å². The number of urea groups is 1. The molecule has 0 bridgehead atoms. The van der Waals surface area contributed by atoms with Crippen LogP contribution in [0.15, 0.2) is 12.1 Å². The number of carbonyl (C=O) groups excluding carboxylic acids is 2. The fourth-order valence-electron chi connectivity index (χ4n) is 5.05. The van der Waals surface area contributed by atoms with Gasteiger partial charge in [0.1, 0.15) is 0 Å². The number of nitrogens with zero attached hydrogens (tertiary/aromatic N) is 2. The van der Waals surface area contributed by atoms with Gasteiger partial charge in [-0.3, -0.25) is 4.79 Å². The third kappa shape index (κ3) is 7.92. The van der Waals surface area contributed by atoms with Crippen molar-refractivity contribution >= 4 is 17.6 Å². The van der Waals surface area contributed by atoms with Crippen LogP contribution in [-0.4, -0.2) is 82.3 Å². The van der Waals surface area contributed by atoms with Crippen molar-refractivity contribution in [3.8, 4) is 17.2 Å². The van der Waals surface area contributed by atoms with Gasteiger partial charge >= 0.3 is 6.03 Å². The summed E-state index contributed by atoms with van der Waals surface area (Å²) < 4.78 is 16.0. The molecule has 2 fully saturated rings. The van der Waals surface area contributed by atoms with Gasteiger partial charge in [-0.1, -0.05) is 6.92 Å². The number of ether oxygens (including phenoxy) is 3. The van der Waals surface area contributed by atoms with Crippen LogP contribution in [0, 0.1) is 11.8 Å². The van der Waals surface area contributed by atoms with E-state index in [9.17, 15) is 9.59 Å². The van der Waals surface area contributed by atoms with Gasteiger partial charge in [-0.05, 0) is 57.0 Å². The standard InChI is InChI=1S/C26H42N4O5/c1-19-7-5-11-29(18-19)12-6-10-27-24(31)15-20-8-13-30(14-9-20)26(32)28-21-16-22(33-2)25(35-4)23(17-21)34-3/h16-17,19-20H,5-15,18H2,1-4H3,(H,27,31)(H,28,32). The van der Waals surface area contributed by atoms with E-state index in [-0.39, 0.29) is 11.9 Å². The molecule has 3 amide bonds. The summed E-state index contributed by atoms with van der Waals surface area (Å²) in [4.78, 5) is 29.5. The molecular weight excluding hydrogens is 448 g/mol. The average molecular weight is 491 g/mol. The number of anilines is 1. The first kappa shape index (κ1) is 26.9. The molecule has 1 aromatic rings. The van der Waals surface area contributed by atoms with Crippen LogP contribution in [0.1, 0.15) is 45.4 Å². The number of methoxy groups -OCH3 is 3. The number of nitrogens with one attached hydrogen (secondary N) is 2. The zero-order valence-electron chi connectivity index (χ0n) is 21.7. The zero-order valence-corrected chi connectivity index (χ0v) is 21.7. The molecule has 1 unspecified atom stereocenters. The van der Waals surface area contributed by atoms with Crippen molar-refractivity contribution in [1.29, 1.82) is 0 Å². The van der Waals surface area contributed by atoms with Crippen LogP contribution in [0.25, 0.3) is 0 Å². The predicted octanol–water partition coefficient (Wildman–Crippen LogP) is 3.58. The Morgan fingerprint density at radius 2 is 1.69 bits per heavy atom. The smallest absolute Gasteiger partial charge is 0.321 e. The summed E-state index contributed by atoms with van der Waals surface area (Å²) in [6.07, 6.45) is 5.79. The van der Waals surface area contributed by atoms with Crippen molar-refractivity contribution in [2.75, 3.05) is 65.9 Å². The first-order chi connectivity index (χ1) is 16.9. The molecular formula is C26H42N4O5. The van der Waals surface area contributed by atoms with E-state index in [4.69, 9.17) is 14.2 Å². The lowest BCUT2D eigenvalue weighted by Gasteiger charge is -2.32. The minimum atomic E-state index is -0.172. The molecule has 0 spiro atoms. The quantitative estimate of drug-likeness (QED) is 0.487. The monoisotopic (exact) mass is 490 g/mol. The van der Waals surface area contributed by atoms with Crippen molar-refractivity contribution in [3.05, 3.63) is 12.1 Å². The van der Waals surface area contributed by atoms with E-state index in [0.29, 0.717) is 48.4 Å². The van der Waals surface area contributed by atoms with E-state index < -0.39 is 0 Å². The number of piperidine rings is 2. The van der Waals surface area contributed by atoms with Crippen molar-refractivity contribution in [2.45, 2.75) is 45.4 Å². The fraction of sp³-hybridized carbons (Fsp3) is 0.692. The Morgan fingerprint density at radius 3 is 2.29 bits per heavy atom. The Balaban J connectivity index is 1.37. The molecule has 2 saturated heterocycles. The fourth-order valence-corrected chi connectivity index (χ4v) is 5.05. The number of rotatable bonds is 10. The predicted molar refractivity (Wildman–Crippen MR) is 136 cm³/mol. The van der Waals surface area contributed by atoms with Gasteiger partial charge in [0.25, 0.3) is 0 Å². The molecule has 2 aliphatic rings. The van der Waals surface area contributed by atoms with Gasteiger partial charge in [0.2, 0.25) is 11.7 Å². The molecule has 2 heterocycles. The number of benzene rings is 1. The normalized spacial score (nSPS) is 19.2. The Kier molecular flexibility index (Phi) is 10.3. The Morgan fingerprint density at radius 1 is 1.00 bits per heavy atom.